The van der Waals surface area contributed by atoms with Gasteiger partial charge in [0.25, 0.3) is 0 Å². The Balaban J connectivity index is 2.26. The molecule has 19 heavy (non-hydrogen) atoms. The van der Waals surface area contributed by atoms with Gasteiger partial charge in [-0.25, -0.2) is 8.78 Å². The normalized spacial score (nSPS) is 12.7. The molecule has 5 heteroatoms. The predicted octanol–water partition coefficient (Wildman–Crippen LogP) is 2.51. The Morgan fingerprint density at radius 3 is 2.63 bits per heavy atom. The lowest BCUT2D eigenvalue weighted by molar-refractivity contribution is 0.539. The minimum Gasteiger partial charge on any atom is -0.313 e. The lowest BCUT2D eigenvalue weighted by atomic mass is 9.99. The fraction of sp³-hybridized carbons (Fsp3) is 0.357. The van der Waals surface area contributed by atoms with E-state index >= 15 is 0 Å². The van der Waals surface area contributed by atoms with Crippen LogP contribution in [0.3, 0.4) is 0 Å². The highest BCUT2D eigenvalue weighted by Gasteiger charge is 2.17. The van der Waals surface area contributed by atoms with E-state index in [2.05, 4.69) is 10.4 Å². The molecular weight excluding hydrogens is 248 g/mol. The van der Waals surface area contributed by atoms with E-state index in [0.717, 1.165) is 17.3 Å². The summed E-state index contributed by atoms with van der Waals surface area (Å²) in [5.74, 6) is -1.07. The van der Waals surface area contributed by atoms with Crippen LogP contribution in [0.25, 0.3) is 0 Å². The maximum Gasteiger partial charge on any atom is 0.129 e. The van der Waals surface area contributed by atoms with Gasteiger partial charge in [0.05, 0.1) is 6.20 Å². The number of benzene rings is 1. The molecule has 0 saturated carbocycles. The zero-order chi connectivity index (χ0) is 14.0. The number of nitrogens with one attached hydrogen (secondary N) is 1. The Morgan fingerprint density at radius 2 is 2.11 bits per heavy atom. The molecule has 3 nitrogen and oxygen atoms in total. The van der Waals surface area contributed by atoms with Crippen LogP contribution < -0.4 is 5.32 Å². The smallest absolute Gasteiger partial charge is 0.129 e. The van der Waals surface area contributed by atoms with E-state index in [0.29, 0.717) is 12.0 Å². The van der Waals surface area contributed by atoms with Crippen molar-refractivity contribution in [2.45, 2.75) is 19.4 Å². The van der Waals surface area contributed by atoms with Gasteiger partial charge < -0.3 is 5.32 Å². The number of hydrogen-bond donors (Lipinski definition) is 1. The van der Waals surface area contributed by atoms with Gasteiger partial charge in [-0.05, 0) is 32.0 Å². The highest BCUT2D eigenvalue weighted by molar-refractivity contribution is 5.26. The van der Waals surface area contributed by atoms with E-state index in [1.54, 1.807) is 10.9 Å². The number of likely N-dealkylation sites (N-methyl/N-ethyl adjacent to an activating group) is 1. The molecule has 1 heterocycles. The van der Waals surface area contributed by atoms with Crippen LogP contribution in [-0.2, 0) is 13.5 Å². The molecule has 0 spiro atoms. The molecule has 2 rings (SSSR count). The average Bonchev–Trinajstić information content (AvgIpc) is 2.70. The summed E-state index contributed by atoms with van der Waals surface area (Å²) in [7, 11) is 3.68. The van der Waals surface area contributed by atoms with Crippen LogP contribution in [0.4, 0.5) is 8.78 Å². The first kappa shape index (κ1) is 13.7. The zero-order valence-corrected chi connectivity index (χ0v) is 11.2. The minimum absolute atomic E-state index is 0.0475. The highest BCUT2D eigenvalue weighted by atomic mass is 19.1. The van der Waals surface area contributed by atoms with Crippen LogP contribution in [0.15, 0.2) is 24.4 Å². The Hall–Kier alpha value is -1.75. The predicted molar refractivity (Wildman–Crippen MR) is 69.8 cm³/mol. The molecule has 1 N–H and O–H groups in total. The third-order valence-corrected chi connectivity index (χ3v) is 3.44. The molecule has 0 radical (unpaired) electrons. The summed E-state index contributed by atoms with van der Waals surface area (Å²) < 4.78 is 28.3. The van der Waals surface area contributed by atoms with Crippen LogP contribution in [0, 0.1) is 18.6 Å². The molecule has 1 atom stereocenters. The van der Waals surface area contributed by atoms with Gasteiger partial charge in [0.15, 0.2) is 0 Å². The van der Waals surface area contributed by atoms with Gasteiger partial charge in [-0.3, -0.25) is 4.68 Å². The molecule has 0 aliphatic heterocycles. The molecule has 0 fully saturated rings. The molecule has 0 amide bonds. The number of nitrogens with zero attached hydrogens (tertiary/aromatic N) is 2. The molecule has 102 valence electrons. The van der Waals surface area contributed by atoms with Gasteiger partial charge in [-0.2, -0.15) is 5.10 Å². The highest BCUT2D eigenvalue weighted by Crippen LogP contribution is 2.22. The van der Waals surface area contributed by atoms with Crippen LogP contribution in [0.5, 0.6) is 0 Å². The third kappa shape index (κ3) is 2.81. The Morgan fingerprint density at radius 1 is 1.37 bits per heavy atom. The third-order valence-electron chi connectivity index (χ3n) is 3.44. The summed E-state index contributed by atoms with van der Waals surface area (Å²) in [5, 5.41) is 7.34. The summed E-state index contributed by atoms with van der Waals surface area (Å²) in [4.78, 5) is 0. The van der Waals surface area contributed by atoms with Crippen molar-refractivity contribution < 1.29 is 8.78 Å². The van der Waals surface area contributed by atoms with Gasteiger partial charge in [0, 0.05) is 30.4 Å². The zero-order valence-electron chi connectivity index (χ0n) is 11.2. The van der Waals surface area contributed by atoms with Gasteiger partial charge in [0.2, 0.25) is 0 Å². The number of halogens is 2. The fourth-order valence-corrected chi connectivity index (χ4v) is 2.13. The molecule has 0 saturated heterocycles. The van der Waals surface area contributed by atoms with Crippen molar-refractivity contribution in [3.05, 3.63) is 52.9 Å². The lowest BCUT2D eigenvalue weighted by Gasteiger charge is -2.16. The van der Waals surface area contributed by atoms with Crippen molar-refractivity contribution >= 4 is 0 Å². The quantitative estimate of drug-likeness (QED) is 0.920. The van der Waals surface area contributed by atoms with E-state index in [1.165, 1.54) is 12.1 Å². The fourth-order valence-electron chi connectivity index (χ4n) is 2.13. The van der Waals surface area contributed by atoms with Crippen molar-refractivity contribution in [2.24, 2.45) is 7.05 Å². The number of aromatic nitrogens is 2. The van der Waals surface area contributed by atoms with Gasteiger partial charge in [-0.1, -0.05) is 6.07 Å². The molecule has 0 aliphatic carbocycles. The topological polar surface area (TPSA) is 29.9 Å². The minimum atomic E-state index is -0.556. The van der Waals surface area contributed by atoms with Crippen molar-refractivity contribution in [2.75, 3.05) is 7.05 Å². The Bertz CT molecular complexity index is 578. The summed E-state index contributed by atoms with van der Waals surface area (Å²) in [5.41, 5.74) is 2.54. The van der Waals surface area contributed by atoms with Gasteiger partial charge in [0.1, 0.15) is 11.6 Å². The number of aryl methyl sites for hydroxylation is 1. The summed E-state index contributed by atoms with van der Waals surface area (Å²) in [6.07, 6.45) is 2.23. The van der Waals surface area contributed by atoms with Gasteiger partial charge in [-0.15, -0.1) is 0 Å². The Labute approximate surface area is 111 Å². The van der Waals surface area contributed by atoms with E-state index in [-0.39, 0.29) is 6.04 Å². The van der Waals surface area contributed by atoms with E-state index in [9.17, 15) is 8.78 Å². The first-order valence-corrected chi connectivity index (χ1v) is 6.12. The second-order valence-electron chi connectivity index (χ2n) is 4.59. The maximum atomic E-state index is 13.7. The molecule has 1 unspecified atom stereocenters. The van der Waals surface area contributed by atoms with Crippen LogP contribution >= 0.6 is 0 Å². The summed E-state index contributed by atoms with van der Waals surface area (Å²) in [6.45, 7) is 1.97. The average molecular weight is 265 g/mol. The van der Waals surface area contributed by atoms with E-state index in [1.807, 2.05) is 21.0 Å². The van der Waals surface area contributed by atoms with Crippen molar-refractivity contribution in [1.82, 2.24) is 15.1 Å². The summed E-state index contributed by atoms with van der Waals surface area (Å²) in [6, 6.07) is 3.63. The standard InChI is InChI=1S/C14H17F2N3/c1-9-12(8-18-19(9)3)14(17-2)6-10-4-5-11(15)7-13(10)16/h4-5,7-8,14,17H,6H2,1-3H3. The molecule has 1 aromatic heterocycles. The van der Waals surface area contributed by atoms with Gasteiger partial charge >= 0.3 is 0 Å². The molecule has 1 aromatic carbocycles. The number of hydrogen-bond acceptors (Lipinski definition) is 2. The second-order valence-corrected chi connectivity index (χ2v) is 4.59. The van der Waals surface area contributed by atoms with Crippen molar-refractivity contribution in [3.8, 4) is 0 Å². The van der Waals surface area contributed by atoms with Crippen molar-refractivity contribution in [1.29, 1.82) is 0 Å². The first-order valence-electron chi connectivity index (χ1n) is 6.12. The van der Waals surface area contributed by atoms with Crippen LogP contribution in [-0.4, -0.2) is 16.8 Å². The number of rotatable bonds is 4. The van der Waals surface area contributed by atoms with Crippen LogP contribution in [0.2, 0.25) is 0 Å². The van der Waals surface area contributed by atoms with Crippen LogP contribution in [0.1, 0.15) is 22.9 Å². The summed E-state index contributed by atoms with van der Waals surface area (Å²) >= 11 is 0. The van der Waals surface area contributed by atoms with E-state index < -0.39 is 11.6 Å². The Kier molecular flexibility index (Phi) is 3.95. The lowest BCUT2D eigenvalue weighted by Crippen LogP contribution is -2.20. The monoisotopic (exact) mass is 265 g/mol. The molecule has 0 bridgehead atoms. The molecule has 0 aliphatic rings. The van der Waals surface area contributed by atoms with E-state index in [4.69, 9.17) is 0 Å². The largest absolute Gasteiger partial charge is 0.313 e. The van der Waals surface area contributed by atoms with Crippen molar-refractivity contribution in [3.63, 3.8) is 0 Å². The molecular formula is C14H17F2N3. The second kappa shape index (κ2) is 5.48. The maximum absolute atomic E-state index is 13.7. The SMILES string of the molecule is CNC(Cc1ccc(F)cc1F)c1cnn(C)c1C. The molecule has 2 aromatic rings. The first-order chi connectivity index (χ1) is 9.02.